The Bertz CT molecular complexity index is 338. The normalized spacial score (nSPS) is 12.6. The number of hydrogen-bond acceptors (Lipinski definition) is 2. The Labute approximate surface area is 87.5 Å². The van der Waals surface area contributed by atoms with Gasteiger partial charge in [0.1, 0.15) is 0 Å². The van der Waals surface area contributed by atoms with Crippen LogP contribution >= 0.6 is 0 Å². The summed E-state index contributed by atoms with van der Waals surface area (Å²) in [5.41, 5.74) is 0.567. The number of benzene rings is 1. The van der Waals surface area contributed by atoms with Crippen molar-refractivity contribution < 1.29 is 18.6 Å². The molecule has 0 fully saturated rings. The van der Waals surface area contributed by atoms with Gasteiger partial charge in [0.15, 0.2) is 11.6 Å². The van der Waals surface area contributed by atoms with Gasteiger partial charge in [-0.2, -0.15) is 4.39 Å². The lowest BCUT2D eigenvalue weighted by atomic mass is 10.1. The van der Waals surface area contributed by atoms with E-state index in [9.17, 15) is 8.78 Å². The fourth-order valence-corrected chi connectivity index (χ4v) is 1.35. The Morgan fingerprint density at radius 2 is 2.07 bits per heavy atom. The maximum atomic E-state index is 13.2. The minimum atomic E-state index is -0.972. The molecule has 0 amide bonds. The third-order valence-corrected chi connectivity index (χ3v) is 2.17. The van der Waals surface area contributed by atoms with Crippen LogP contribution in [0, 0.1) is 11.6 Å². The Hall–Kier alpha value is -1.16. The third-order valence-electron chi connectivity index (χ3n) is 2.17. The van der Waals surface area contributed by atoms with Gasteiger partial charge >= 0.3 is 0 Å². The van der Waals surface area contributed by atoms with Gasteiger partial charge < -0.3 is 9.84 Å². The molecule has 0 radical (unpaired) electrons. The predicted molar refractivity (Wildman–Crippen MR) is 52.9 cm³/mol. The Kier molecular flexibility index (Phi) is 4.03. The predicted octanol–water partition coefficient (Wildman–Crippen LogP) is 2.29. The molecule has 1 aromatic carbocycles. The Morgan fingerprint density at radius 3 is 2.60 bits per heavy atom. The minimum absolute atomic E-state index is 0.0735. The highest BCUT2D eigenvalue weighted by molar-refractivity contribution is 5.35. The molecule has 0 saturated carbocycles. The van der Waals surface area contributed by atoms with Crippen LogP contribution in [-0.2, 0) is 6.42 Å². The number of aryl methyl sites for hydroxylation is 1. The minimum Gasteiger partial charge on any atom is -0.493 e. The summed E-state index contributed by atoms with van der Waals surface area (Å²) in [4.78, 5) is 0. The fraction of sp³-hybridized carbons (Fsp3) is 0.455. The summed E-state index contributed by atoms with van der Waals surface area (Å²) in [5.74, 6) is -1.97. The van der Waals surface area contributed by atoms with Gasteiger partial charge in [-0.05, 0) is 31.4 Å². The summed E-state index contributed by atoms with van der Waals surface area (Å²) in [6.07, 6.45) is 0.474. The van der Waals surface area contributed by atoms with Crippen molar-refractivity contribution in [3.8, 4) is 5.75 Å². The van der Waals surface area contributed by atoms with Gasteiger partial charge in [0.25, 0.3) is 0 Å². The molecule has 15 heavy (non-hydrogen) atoms. The standard InChI is InChI=1S/C11H14F2O2/c1-7(14)3-4-8-5-6-9(12)10(13)11(8)15-2/h5-7,14H,3-4H2,1-2H3/t7-/m1/s1. The topological polar surface area (TPSA) is 29.5 Å². The monoisotopic (exact) mass is 216 g/mol. The number of halogens is 2. The highest BCUT2D eigenvalue weighted by atomic mass is 19.2. The smallest absolute Gasteiger partial charge is 0.200 e. The zero-order chi connectivity index (χ0) is 11.4. The lowest BCUT2D eigenvalue weighted by molar-refractivity contribution is 0.184. The first kappa shape index (κ1) is 11.9. The molecule has 2 nitrogen and oxygen atoms in total. The van der Waals surface area contributed by atoms with E-state index in [0.29, 0.717) is 18.4 Å². The van der Waals surface area contributed by atoms with E-state index in [1.165, 1.54) is 13.2 Å². The quantitative estimate of drug-likeness (QED) is 0.836. The van der Waals surface area contributed by atoms with Crippen molar-refractivity contribution in [3.63, 3.8) is 0 Å². The van der Waals surface area contributed by atoms with Crippen LogP contribution < -0.4 is 4.74 Å². The molecule has 84 valence electrons. The van der Waals surface area contributed by atoms with Crippen molar-refractivity contribution in [2.75, 3.05) is 7.11 Å². The number of rotatable bonds is 4. The first-order valence-electron chi connectivity index (χ1n) is 4.75. The highest BCUT2D eigenvalue weighted by Gasteiger charge is 2.14. The Balaban J connectivity index is 2.92. The van der Waals surface area contributed by atoms with Crippen molar-refractivity contribution in [1.82, 2.24) is 0 Å². The average molecular weight is 216 g/mol. The largest absolute Gasteiger partial charge is 0.493 e. The van der Waals surface area contributed by atoms with E-state index < -0.39 is 17.7 Å². The number of methoxy groups -OCH3 is 1. The zero-order valence-corrected chi connectivity index (χ0v) is 8.76. The van der Waals surface area contributed by atoms with E-state index in [-0.39, 0.29) is 5.75 Å². The van der Waals surface area contributed by atoms with Gasteiger partial charge in [-0.15, -0.1) is 0 Å². The van der Waals surface area contributed by atoms with Crippen molar-refractivity contribution in [2.45, 2.75) is 25.9 Å². The third kappa shape index (κ3) is 2.89. The van der Waals surface area contributed by atoms with Crippen molar-refractivity contribution in [1.29, 1.82) is 0 Å². The number of aliphatic hydroxyl groups excluding tert-OH is 1. The molecule has 0 saturated heterocycles. The number of aliphatic hydroxyl groups is 1. The van der Waals surface area contributed by atoms with Crippen LogP contribution in [0.2, 0.25) is 0 Å². The molecule has 4 heteroatoms. The summed E-state index contributed by atoms with van der Waals surface area (Å²) < 4.78 is 30.9. The molecule has 0 aromatic heterocycles. The van der Waals surface area contributed by atoms with Gasteiger partial charge in [-0.3, -0.25) is 0 Å². The van der Waals surface area contributed by atoms with Crippen molar-refractivity contribution in [3.05, 3.63) is 29.3 Å². The first-order chi connectivity index (χ1) is 7.06. The van der Waals surface area contributed by atoms with Crippen molar-refractivity contribution >= 4 is 0 Å². The molecule has 0 aliphatic rings. The molecule has 1 N–H and O–H groups in total. The molecule has 1 atom stereocenters. The molecule has 0 heterocycles. The fourth-order valence-electron chi connectivity index (χ4n) is 1.35. The van der Waals surface area contributed by atoms with Crippen LogP contribution in [0.25, 0.3) is 0 Å². The van der Waals surface area contributed by atoms with Crippen molar-refractivity contribution in [2.24, 2.45) is 0 Å². The van der Waals surface area contributed by atoms with E-state index in [4.69, 9.17) is 9.84 Å². The molecule has 0 bridgehead atoms. The van der Waals surface area contributed by atoms with Crippen LogP contribution in [-0.4, -0.2) is 18.3 Å². The second-order valence-corrected chi connectivity index (χ2v) is 3.44. The van der Waals surface area contributed by atoms with Gasteiger partial charge in [0, 0.05) is 0 Å². The van der Waals surface area contributed by atoms with E-state index in [0.717, 1.165) is 6.07 Å². The summed E-state index contributed by atoms with van der Waals surface area (Å²) in [6.45, 7) is 1.65. The maximum absolute atomic E-state index is 13.2. The zero-order valence-electron chi connectivity index (χ0n) is 8.76. The lowest BCUT2D eigenvalue weighted by Gasteiger charge is -2.10. The van der Waals surface area contributed by atoms with Crippen LogP contribution in [0.5, 0.6) is 5.75 Å². The van der Waals surface area contributed by atoms with Gasteiger partial charge in [0.2, 0.25) is 5.82 Å². The summed E-state index contributed by atoms with van der Waals surface area (Å²) in [7, 11) is 1.30. The van der Waals surface area contributed by atoms with Crippen LogP contribution in [0.15, 0.2) is 12.1 Å². The molecular weight excluding hydrogens is 202 g/mol. The maximum Gasteiger partial charge on any atom is 0.200 e. The average Bonchev–Trinajstić information content (AvgIpc) is 2.19. The van der Waals surface area contributed by atoms with E-state index >= 15 is 0 Å². The molecule has 0 aliphatic heterocycles. The Morgan fingerprint density at radius 1 is 1.40 bits per heavy atom. The lowest BCUT2D eigenvalue weighted by Crippen LogP contribution is -2.04. The second-order valence-electron chi connectivity index (χ2n) is 3.44. The van der Waals surface area contributed by atoms with E-state index in [2.05, 4.69) is 0 Å². The molecule has 0 unspecified atom stereocenters. The summed E-state index contributed by atoms with van der Waals surface area (Å²) in [6, 6.07) is 2.54. The van der Waals surface area contributed by atoms with Gasteiger partial charge in [0.05, 0.1) is 13.2 Å². The highest BCUT2D eigenvalue weighted by Crippen LogP contribution is 2.26. The van der Waals surface area contributed by atoms with Crippen LogP contribution in [0.4, 0.5) is 8.78 Å². The summed E-state index contributed by atoms with van der Waals surface area (Å²) >= 11 is 0. The SMILES string of the molecule is COc1c(CC[C@@H](C)O)ccc(F)c1F. The number of ether oxygens (including phenoxy) is 1. The van der Waals surface area contributed by atoms with Crippen LogP contribution in [0.1, 0.15) is 18.9 Å². The number of hydrogen-bond donors (Lipinski definition) is 1. The molecule has 0 spiro atoms. The summed E-state index contributed by atoms with van der Waals surface area (Å²) in [5, 5.41) is 9.09. The van der Waals surface area contributed by atoms with E-state index in [1.54, 1.807) is 6.92 Å². The first-order valence-corrected chi connectivity index (χ1v) is 4.75. The molecule has 1 rings (SSSR count). The van der Waals surface area contributed by atoms with E-state index in [1.807, 2.05) is 0 Å². The van der Waals surface area contributed by atoms with Gasteiger partial charge in [-0.25, -0.2) is 4.39 Å². The molecule has 1 aromatic rings. The van der Waals surface area contributed by atoms with Gasteiger partial charge in [-0.1, -0.05) is 6.07 Å². The molecular formula is C11H14F2O2. The van der Waals surface area contributed by atoms with Crippen LogP contribution in [0.3, 0.4) is 0 Å². The second kappa shape index (κ2) is 5.07. The molecule has 0 aliphatic carbocycles.